The molecule has 2 aromatic carbocycles. The number of aryl methyl sites for hydroxylation is 1. The lowest BCUT2D eigenvalue weighted by Crippen LogP contribution is -2.37. The fourth-order valence-electron chi connectivity index (χ4n) is 2.82. The van der Waals surface area contributed by atoms with Crippen molar-refractivity contribution in [3.8, 4) is 0 Å². The van der Waals surface area contributed by atoms with Gasteiger partial charge in [0.25, 0.3) is 0 Å². The van der Waals surface area contributed by atoms with Crippen molar-refractivity contribution in [2.24, 2.45) is 5.16 Å². The summed E-state index contributed by atoms with van der Waals surface area (Å²) < 4.78 is 39.9. The maximum absolute atomic E-state index is 13.1. The Morgan fingerprint density at radius 2 is 1.81 bits per heavy atom. The molecule has 0 spiro atoms. The first-order chi connectivity index (χ1) is 12.4. The van der Waals surface area contributed by atoms with Crippen LogP contribution >= 0.6 is 0 Å². The molecule has 26 heavy (non-hydrogen) atoms. The van der Waals surface area contributed by atoms with E-state index >= 15 is 0 Å². The van der Waals surface area contributed by atoms with Crippen LogP contribution in [0.1, 0.15) is 24.5 Å². The highest BCUT2D eigenvalue weighted by atomic mass is 32.2. The molecule has 3 rings (SSSR count). The summed E-state index contributed by atoms with van der Waals surface area (Å²) in [5, 5.41) is 4.12. The van der Waals surface area contributed by atoms with Crippen molar-refractivity contribution in [1.82, 2.24) is 4.31 Å². The summed E-state index contributed by atoms with van der Waals surface area (Å²) in [6.07, 6.45) is 0.194. The van der Waals surface area contributed by atoms with E-state index in [9.17, 15) is 12.8 Å². The molecule has 0 saturated heterocycles. The third-order valence-corrected chi connectivity index (χ3v) is 6.28. The molecule has 138 valence electrons. The maximum atomic E-state index is 13.1. The standard InChI is InChI=1S/C19H21FN2O3S/c1-3-22(26(23,24)18-10-8-16(20)9-11-18)13-17-12-19(21-25-17)15-6-4-14(2)5-7-15/h4-11,17H,3,12-13H2,1-2H3. The molecule has 1 aliphatic heterocycles. The van der Waals surface area contributed by atoms with Gasteiger partial charge in [0.05, 0.1) is 17.2 Å². The van der Waals surface area contributed by atoms with Crippen LogP contribution in [-0.2, 0) is 14.9 Å². The smallest absolute Gasteiger partial charge is 0.243 e. The molecule has 0 saturated carbocycles. The molecule has 1 aliphatic rings. The van der Waals surface area contributed by atoms with E-state index in [1.807, 2.05) is 31.2 Å². The molecule has 0 aliphatic carbocycles. The van der Waals surface area contributed by atoms with Gasteiger partial charge in [-0.1, -0.05) is 41.9 Å². The van der Waals surface area contributed by atoms with E-state index in [1.165, 1.54) is 16.4 Å². The Morgan fingerprint density at radius 1 is 1.15 bits per heavy atom. The molecule has 1 unspecified atom stereocenters. The van der Waals surface area contributed by atoms with E-state index in [4.69, 9.17) is 4.84 Å². The van der Waals surface area contributed by atoms with Crippen molar-refractivity contribution in [3.05, 3.63) is 65.5 Å². The lowest BCUT2D eigenvalue weighted by Gasteiger charge is -2.22. The van der Waals surface area contributed by atoms with Crippen LogP contribution in [0, 0.1) is 12.7 Å². The zero-order chi connectivity index (χ0) is 18.7. The average molecular weight is 376 g/mol. The second kappa shape index (κ2) is 7.55. The zero-order valence-electron chi connectivity index (χ0n) is 14.7. The SMILES string of the molecule is CCN(CC1CC(c2ccc(C)cc2)=NO1)S(=O)(=O)c1ccc(F)cc1. The first kappa shape index (κ1) is 18.5. The van der Waals surface area contributed by atoms with Gasteiger partial charge in [0.2, 0.25) is 10.0 Å². The van der Waals surface area contributed by atoms with Crippen molar-refractivity contribution in [1.29, 1.82) is 0 Å². The number of hydrogen-bond donors (Lipinski definition) is 0. The molecular formula is C19H21FN2O3S. The summed E-state index contributed by atoms with van der Waals surface area (Å²) in [6.45, 7) is 4.26. The number of oxime groups is 1. The Balaban J connectivity index is 1.69. The molecular weight excluding hydrogens is 355 g/mol. The second-order valence-electron chi connectivity index (χ2n) is 6.25. The summed E-state index contributed by atoms with van der Waals surface area (Å²) in [6, 6.07) is 12.8. The zero-order valence-corrected chi connectivity index (χ0v) is 15.5. The lowest BCUT2D eigenvalue weighted by atomic mass is 10.0. The number of likely N-dealkylation sites (N-methyl/N-ethyl adjacent to an activating group) is 1. The van der Waals surface area contributed by atoms with Crippen LogP contribution in [0.5, 0.6) is 0 Å². The fraction of sp³-hybridized carbons (Fsp3) is 0.316. The Morgan fingerprint density at radius 3 is 2.42 bits per heavy atom. The second-order valence-corrected chi connectivity index (χ2v) is 8.18. The van der Waals surface area contributed by atoms with E-state index in [1.54, 1.807) is 6.92 Å². The number of nitrogens with zero attached hydrogens (tertiary/aromatic N) is 2. The van der Waals surface area contributed by atoms with Crippen molar-refractivity contribution >= 4 is 15.7 Å². The van der Waals surface area contributed by atoms with Crippen LogP contribution < -0.4 is 0 Å². The summed E-state index contributed by atoms with van der Waals surface area (Å²) in [7, 11) is -3.71. The monoisotopic (exact) mass is 376 g/mol. The summed E-state index contributed by atoms with van der Waals surface area (Å²) >= 11 is 0. The molecule has 0 amide bonds. The summed E-state index contributed by atoms with van der Waals surface area (Å²) in [5.41, 5.74) is 2.94. The molecule has 0 radical (unpaired) electrons. The predicted octanol–water partition coefficient (Wildman–Crippen LogP) is 3.34. The van der Waals surface area contributed by atoms with E-state index in [2.05, 4.69) is 5.16 Å². The van der Waals surface area contributed by atoms with Crippen LogP contribution in [0.2, 0.25) is 0 Å². The topological polar surface area (TPSA) is 59.0 Å². The van der Waals surface area contributed by atoms with Crippen LogP contribution in [0.25, 0.3) is 0 Å². The molecule has 1 heterocycles. The van der Waals surface area contributed by atoms with Crippen LogP contribution in [-0.4, -0.2) is 37.6 Å². The molecule has 0 bridgehead atoms. The highest BCUT2D eigenvalue weighted by Gasteiger charge is 2.30. The van der Waals surface area contributed by atoms with Crippen molar-refractivity contribution in [3.63, 3.8) is 0 Å². The van der Waals surface area contributed by atoms with Gasteiger partial charge in [-0.3, -0.25) is 0 Å². The molecule has 2 aromatic rings. The molecule has 1 atom stereocenters. The Kier molecular flexibility index (Phi) is 5.38. The quantitative estimate of drug-likeness (QED) is 0.777. The molecule has 7 heteroatoms. The van der Waals surface area contributed by atoms with E-state index in [0.717, 1.165) is 29.0 Å². The van der Waals surface area contributed by atoms with E-state index in [-0.39, 0.29) is 17.5 Å². The number of rotatable bonds is 6. The van der Waals surface area contributed by atoms with Crippen LogP contribution in [0.4, 0.5) is 4.39 Å². The number of hydrogen-bond acceptors (Lipinski definition) is 4. The molecule has 5 nitrogen and oxygen atoms in total. The first-order valence-electron chi connectivity index (χ1n) is 8.45. The number of benzene rings is 2. The van der Waals surface area contributed by atoms with Gasteiger partial charge in [0.15, 0.2) is 0 Å². The minimum Gasteiger partial charge on any atom is -0.390 e. The predicted molar refractivity (Wildman–Crippen MR) is 98.0 cm³/mol. The molecule has 0 fully saturated rings. The largest absolute Gasteiger partial charge is 0.390 e. The summed E-state index contributed by atoms with van der Waals surface area (Å²) in [5.74, 6) is -0.470. The lowest BCUT2D eigenvalue weighted by molar-refractivity contribution is 0.0712. The van der Waals surface area contributed by atoms with Crippen LogP contribution in [0.3, 0.4) is 0 Å². The third-order valence-electron chi connectivity index (χ3n) is 4.33. The number of sulfonamides is 1. The highest BCUT2D eigenvalue weighted by molar-refractivity contribution is 7.89. The van der Waals surface area contributed by atoms with E-state index < -0.39 is 15.8 Å². The summed E-state index contributed by atoms with van der Waals surface area (Å²) in [4.78, 5) is 5.52. The van der Waals surface area contributed by atoms with E-state index in [0.29, 0.717) is 13.0 Å². The Labute approximate surface area is 153 Å². The minimum atomic E-state index is -3.71. The maximum Gasteiger partial charge on any atom is 0.243 e. The number of halogens is 1. The third kappa shape index (κ3) is 3.94. The highest BCUT2D eigenvalue weighted by Crippen LogP contribution is 2.22. The normalized spacial score (nSPS) is 17.2. The molecule has 0 N–H and O–H groups in total. The molecule has 0 aromatic heterocycles. The van der Waals surface area contributed by atoms with Gasteiger partial charge < -0.3 is 4.84 Å². The van der Waals surface area contributed by atoms with Crippen molar-refractivity contribution in [2.45, 2.75) is 31.3 Å². The van der Waals surface area contributed by atoms with Gasteiger partial charge in [-0.05, 0) is 36.8 Å². The minimum absolute atomic E-state index is 0.0680. The Hall–Kier alpha value is -2.25. The fourth-order valence-corrected chi connectivity index (χ4v) is 4.30. The van der Waals surface area contributed by atoms with Crippen molar-refractivity contribution in [2.75, 3.05) is 13.1 Å². The van der Waals surface area contributed by atoms with Gasteiger partial charge in [-0.15, -0.1) is 0 Å². The van der Waals surface area contributed by atoms with Gasteiger partial charge in [-0.25, -0.2) is 12.8 Å². The average Bonchev–Trinajstić information content (AvgIpc) is 3.09. The van der Waals surface area contributed by atoms with Gasteiger partial charge in [-0.2, -0.15) is 4.31 Å². The van der Waals surface area contributed by atoms with Crippen LogP contribution in [0.15, 0.2) is 58.6 Å². The Bertz CT molecular complexity index is 893. The van der Waals surface area contributed by atoms with Gasteiger partial charge >= 0.3 is 0 Å². The first-order valence-corrected chi connectivity index (χ1v) is 9.89. The van der Waals surface area contributed by atoms with Gasteiger partial charge in [0.1, 0.15) is 11.9 Å². The van der Waals surface area contributed by atoms with Gasteiger partial charge in [0, 0.05) is 13.0 Å². The van der Waals surface area contributed by atoms with Crippen molar-refractivity contribution < 1.29 is 17.6 Å².